The average molecular weight is 174 g/mol. The molecule has 0 aliphatic carbocycles. The Bertz CT molecular complexity index is 112. The van der Waals surface area contributed by atoms with E-state index in [4.69, 9.17) is 5.11 Å². The fourth-order valence-corrected chi connectivity index (χ4v) is 0.823. The van der Waals surface area contributed by atoms with E-state index in [0.717, 1.165) is 0 Å². The Morgan fingerprint density at radius 2 is 2.10 bits per heavy atom. The third kappa shape index (κ3) is 2.04. The highest BCUT2D eigenvalue weighted by Gasteiger charge is 2.39. The molecule has 5 heteroatoms. The van der Waals surface area contributed by atoms with Gasteiger partial charge in [-0.3, -0.25) is 0 Å². The smallest absolute Gasteiger partial charge is 0.285 e. The fraction of sp³-hybridized carbons (Fsp3) is 1.00. The maximum absolute atomic E-state index is 12.3. The Kier molecular flexibility index (Phi) is 3.48. The summed E-state index contributed by atoms with van der Waals surface area (Å²) in [5.41, 5.74) is 0. The van der Waals surface area contributed by atoms with E-state index >= 15 is 0 Å². The highest BCUT2D eigenvalue weighted by Crippen LogP contribution is 2.22. The topological polar surface area (TPSA) is 32.3 Å². The maximum Gasteiger partial charge on any atom is 0.285 e. The van der Waals surface area contributed by atoms with E-state index in [1.807, 2.05) is 0 Å². The van der Waals surface area contributed by atoms with E-state index in [1.165, 1.54) is 0 Å². The summed E-state index contributed by atoms with van der Waals surface area (Å²) in [4.78, 5) is 0. The first kappa shape index (κ1) is 10.1. The molecule has 0 bridgehead atoms. The standard InChI is InChI=1S/C5H9F2NO.ClH/c6-5(7)3-8-2-1-4(5)9;/h4,8-9H,1-3H2;1H. The number of rotatable bonds is 0. The summed E-state index contributed by atoms with van der Waals surface area (Å²) in [6.07, 6.45) is -1.30. The van der Waals surface area contributed by atoms with Crippen molar-refractivity contribution in [2.45, 2.75) is 18.4 Å². The van der Waals surface area contributed by atoms with Crippen molar-refractivity contribution in [3.8, 4) is 0 Å². The van der Waals surface area contributed by atoms with Gasteiger partial charge in [-0.25, -0.2) is 8.78 Å². The van der Waals surface area contributed by atoms with Gasteiger partial charge in [-0.15, -0.1) is 12.4 Å². The van der Waals surface area contributed by atoms with E-state index in [0.29, 0.717) is 6.54 Å². The van der Waals surface area contributed by atoms with E-state index in [1.54, 1.807) is 0 Å². The molecule has 1 unspecified atom stereocenters. The normalized spacial score (nSPS) is 30.9. The second-order valence-electron chi connectivity index (χ2n) is 2.24. The van der Waals surface area contributed by atoms with E-state index in [-0.39, 0.29) is 18.8 Å². The molecule has 0 aromatic carbocycles. The molecule has 0 saturated carbocycles. The van der Waals surface area contributed by atoms with Crippen molar-refractivity contribution >= 4 is 12.4 Å². The summed E-state index contributed by atoms with van der Waals surface area (Å²) in [7, 11) is 0. The molecule has 62 valence electrons. The number of nitrogens with one attached hydrogen (secondary N) is 1. The molecular weight excluding hydrogens is 164 g/mol. The summed E-state index contributed by atoms with van der Waals surface area (Å²) in [6, 6.07) is 0. The number of piperidine rings is 1. The van der Waals surface area contributed by atoms with Crippen molar-refractivity contribution in [3.05, 3.63) is 0 Å². The molecule has 0 spiro atoms. The maximum atomic E-state index is 12.3. The van der Waals surface area contributed by atoms with Gasteiger partial charge >= 0.3 is 0 Å². The van der Waals surface area contributed by atoms with Gasteiger partial charge in [0.1, 0.15) is 6.10 Å². The van der Waals surface area contributed by atoms with Gasteiger partial charge in [0.05, 0.1) is 6.54 Å². The van der Waals surface area contributed by atoms with Crippen LogP contribution in [0.15, 0.2) is 0 Å². The molecule has 2 N–H and O–H groups in total. The highest BCUT2D eigenvalue weighted by molar-refractivity contribution is 5.85. The number of hydrogen-bond acceptors (Lipinski definition) is 2. The first-order valence-corrected chi connectivity index (χ1v) is 2.89. The number of alkyl halides is 2. The lowest BCUT2D eigenvalue weighted by molar-refractivity contribution is -0.120. The molecular formula is C5H10ClF2NO. The number of aliphatic hydroxyl groups excluding tert-OH is 1. The molecule has 1 fully saturated rings. The fourth-order valence-electron chi connectivity index (χ4n) is 0.823. The van der Waals surface area contributed by atoms with Gasteiger partial charge in [0.15, 0.2) is 0 Å². The number of halogens is 3. The van der Waals surface area contributed by atoms with Crippen molar-refractivity contribution < 1.29 is 13.9 Å². The van der Waals surface area contributed by atoms with Crippen LogP contribution in [0.5, 0.6) is 0 Å². The second-order valence-corrected chi connectivity index (χ2v) is 2.24. The molecule has 0 amide bonds. The summed E-state index contributed by atoms with van der Waals surface area (Å²) >= 11 is 0. The third-order valence-electron chi connectivity index (χ3n) is 1.44. The molecule has 10 heavy (non-hydrogen) atoms. The third-order valence-corrected chi connectivity index (χ3v) is 1.44. The van der Waals surface area contributed by atoms with Gasteiger partial charge < -0.3 is 10.4 Å². The predicted octanol–water partition coefficient (Wildman–Crippen LogP) is 0.398. The van der Waals surface area contributed by atoms with Gasteiger partial charge in [-0.2, -0.15) is 0 Å². The quantitative estimate of drug-likeness (QED) is 0.556. The van der Waals surface area contributed by atoms with Gasteiger partial charge in [0, 0.05) is 0 Å². The predicted molar refractivity (Wildman–Crippen MR) is 35.7 cm³/mol. The highest BCUT2D eigenvalue weighted by atomic mass is 35.5. The van der Waals surface area contributed by atoms with Crippen LogP contribution in [0.4, 0.5) is 8.78 Å². The van der Waals surface area contributed by atoms with Crippen LogP contribution in [-0.2, 0) is 0 Å². The lowest BCUT2D eigenvalue weighted by atomic mass is 10.1. The summed E-state index contributed by atoms with van der Waals surface area (Å²) < 4.78 is 24.6. The molecule has 1 aliphatic rings. The van der Waals surface area contributed by atoms with Crippen LogP contribution >= 0.6 is 12.4 Å². The second kappa shape index (κ2) is 3.46. The monoisotopic (exact) mass is 173 g/mol. The van der Waals surface area contributed by atoms with Crippen molar-refractivity contribution in [2.24, 2.45) is 0 Å². The Labute approximate surface area is 64.0 Å². The zero-order chi connectivity index (χ0) is 6.91. The Hall–Kier alpha value is 0.0700. The van der Waals surface area contributed by atoms with Crippen LogP contribution < -0.4 is 5.32 Å². The van der Waals surface area contributed by atoms with E-state index in [9.17, 15) is 8.78 Å². The van der Waals surface area contributed by atoms with Crippen molar-refractivity contribution in [3.63, 3.8) is 0 Å². The Morgan fingerprint density at radius 1 is 1.50 bits per heavy atom. The van der Waals surface area contributed by atoms with Gasteiger partial charge in [0.2, 0.25) is 0 Å². The van der Waals surface area contributed by atoms with Crippen molar-refractivity contribution in [2.75, 3.05) is 13.1 Å². The minimum Gasteiger partial charge on any atom is -0.387 e. The molecule has 0 aromatic heterocycles. The summed E-state index contributed by atoms with van der Waals surface area (Å²) in [5, 5.41) is 11.1. The van der Waals surface area contributed by atoms with Gasteiger partial charge in [-0.1, -0.05) is 0 Å². The van der Waals surface area contributed by atoms with Crippen LogP contribution in [0.25, 0.3) is 0 Å². The number of hydrogen-bond donors (Lipinski definition) is 2. The van der Waals surface area contributed by atoms with E-state index < -0.39 is 18.6 Å². The average Bonchev–Trinajstić information content (AvgIpc) is 1.77. The lowest BCUT2D eigenvalue weighted by Gasteiger charge is -2.27. The largest absolute Gasteiger partial charge is 0.387 e. The zero-order valence-electron chi connectivity index (χ0n) is 5.31. The van der Waals surface area contributed by atoms with Gasteiger partial charge in [0.25, 0.3) is 5.92 Å². The van der Waals surface area contributed by atoms with Crippen LogP contribution in [0, 0.1) is 0 Å². The van der Waals surface area contributed by atoms with Crippen LogP contribution in [0.1, 0.15) is 6.42 Å². The molecule has 0 aromatic rings. The molecule has 2 nitrogen and oxygen atoms in total. The summed E-state index contributed by atoms with van der Waals surface area (Å²) in [5.74, 6) is -2.92. The Balaban J connectivity index is 0.000000810. The summed E-state index contributed by atoms with van der Waals surface area (Å²) in [6.45, 7) is 0.0882. The van der Waals surface area contributed by atoms with Gasteiger partial charge in [-0.05, 0) is 13.0 Å². The van der Waals surface area contributed by atoms with E-state index in [2.05, 4.69) is 5.32 Å². The lowest BCUT2D eigenvalue weighted by Crippen LogP contribution is -2.49. The molecule has 1 rings (SSSR count). The van der Waals surface area contributed by atoms with Crippen molar-refractivity contribution in [1.29, 1.82) is 0 Å². The first-order valence-electron chi connectivity index (χ1n) is 2.89. The molecule has 0 radical (unpaired) electrons. The first-order chi connectivity index (χ1) is 4.13. The molecule has 1 atom stereocenters. The molecule has 1 heterocycles. The van der Waals surface area contributed by atoms with Crippen LogP contribution in [0.3, 0.4) is 0 Å². The number of aliphatic hydroxyl groups is 1. The van der Waals surface area contributed by atoms with Crippen LogP contribution in [0.2, 0.25) is 0 Å². The minimum absolute atomic E-state index is 0. The zero-order valence-corrected chi connectivity index (χ0v) is 6.13. The SMILES string of the molecule is Cl.OC1CCNCC1(F)F. The Morgan fingerprint density at radius 3 is 2.40 bits per heavy atom. The molecule has 1 aliphatic heterocycles. The van der Waals surface area contributed by atoms with Crippen LogP contribution in [-0.4, -0.2) is 30.2 Å². The molecule has 1 saturated heterocycles. The van der Waals surface area contributed by atoms with Crippen molar-refractivity contribution in [1.82, 2.24) is 5.32 Å². The minimum atomic E-state index is -2.92.